The number of hydrogen-bond acceptors (Lipinski definition) is 3. The first kappa shape index (κ1) is 18.9. The predicted octanol–water partition coefficient (Wildman–Crippen LogP) is 3.13. The monoisotopic (exact) mass is 357 g/mol. The van der Waals surface area contributed by atoms with Crippen LogP contribution < -0.4 is 5.32 Å². The summed E-state index contributed by atoms with van der Waals surface area (Å²) in [6.45, 7) is 4.49. The number of nitrogens with zero attached hydrogens (tertiary/aromatic N) is 2. The molecule has 2 saturated heterocycles. The largest absolute Gasteiger partial charge is 0.342 e. The molecular formula is C21H31N3O2. The second-order valence-electron chi connectivity index (χ2n) is 7.52. The van der Waals surface area contributed by atoms with Crippen molar-refractivity contribution in [1.29, 1.82) is 0 Å². The van der Waals surface area contributed by atoms with E-state index in [2.05, 4.69) is 15.1 Å². The molecule has 142 valence electrons. The summed E-state index contributed by atoms with van der Waals surface area (Å²) in [5, 5.41) is 2.93. The van der Waals surface area contributed by atoms with Crippen LogP contribution in [0.1, 0.15) is 44.9 Å². The molecule has 0 aliphatic carbocycles. The maximum absolute atomic E-state index is 12.7. The maximum atomic E-state index is 12.7. The van der Waals surface area contributed by atoms with Gasteiger partial charge in [0, 0.05) is 37.7 Å². The van der Waals surface area contributed by atoms with Crippen molar-refractivity contribution in [2.45, 2.75) is 44.9 Å². The summed E-state index contributed by atoms with van der Waals surface area (Å²) < 4.78 is 0. The van der Waals surface area contributed by atoms with Crippen molar-refractivity contribution in [3.8, 4) is 0 Å². The number of benzene rings is 1. The van der Waals surface area contributed by atoms with Crippen LogP contribution in [0.2, 0.25) is 0 Å². The predicted molar refractivity (Wildman–Crippen MR) is 104 cm³/mol. The number of amides is 2. The van der Waals surface area contributed by atoms with Crippen molar-refractivity contribution in [3.63, 3.8) is 0 Å². The molecule has 0 unspecified atom stereocenters. The Hall–Kier alpha value is -1.88. The van der Waals surface area contributed by atoms with Crippen molar-refractivity contribution >= 4 is 17.5 Å². The topological polar surface area (TPSA) is 52.7 Å². The molecule has 0 aromatic heterocycles. The minimum Gasteiger partial charge on any atom is -0.342 e. The molecule has 2 aliphatic rings. The van der Waals surface area contributed by atoms with Crippen LogP contribution in [0.5, 0.6) is 0 Å². The van der Waals surface area contributed by atoms with E-state index in [-0.39, 0.29) is 11.8 Å². The second kappa shape index (κ2) is 9.72. The summed E-state index contributed by atoms with van der Waals surface area (Å²) in [6, 6.07) is 9.58. The quantitative estimate of drug-likeness (QED) is 0.881. The molecule has 1 aromatic carbocycles. The van der Waals surface area contributed by atoms with Gasteiger partial charge in [-0.15, -0.1) is 0 Å². The van der Waals surface area contributed by atoms with Crippen LogP contribution in [0, 0.1) is 5.92 Å². The lowest BCUT2D eigenvalue weighted by Gasteiger charge is -2.33. The minimum absolute atomic E-state index is 0.0546. The fourth-order valence-corrected chi connectivity index (χ4v) is 3.96. The normalized spacial score (nSPS) is 19.8. The molecule has 3 rings (SSSR count). The van der Waals surface area contributed by atoms with E-state index in [4.69, 9.17) is 0 Å². The molecule has 26 heavy (non-hydrogen) atoms. The Kier molecular flexibility index (Phi) is 7.06. The highest BCUT2D eigenvalue weighted by Crippen LogP contribution is 2.22. The average molecular weight is 357 g/mol. The fourth-order valence-electron chi connectivity index (χ4n) is 3.96. The van der Waals surface area contributed by atoms with E-state index in [1.807, 2.05) is 30.3 Å². The number of nitrogens with one attached hydrogen (secondary N) is 1. The van der Waals surface area contributed by atoms with Gasteiger partial charge in [0.25, 0.3) is 0 Å². The first-order valence-electron chi connectivity index (χ1n) is 10.1. The first-order chi connectivity index (χ1) is 12.7. The Morgan fingerprint density at radius 1 is 0.923 bits per heavy atom. The third kappa shape index (κ3) is 5.56. The van der Waals surface area contributed by atoms with Gasteiger partial charge in [-0.25, -0.2) is 0 Å². The second-order valence-corrected chi connectivity index (χ2v) is 7.52. The zero-order chi connectivity index (χ0) is 18.2. The summed E-state index contributed by atoms with van der Waals surface area (Å²) in [5.74, 6) is 0.606. The third-order valence-corrected chi connectivity index (χ3v) is 5.57. The highest BCUT2D eigenvalue weighted by molar-refractivity contribution is 5.90. The molecule has 0 spiro atoms. The van der Waals surface area contributed by atoms with Crippen molar-refractivity contribution in [3.05, 3.63) is 30.3 Å². The molecular weight excluding hydrogens is 326 g/mol. The Bertz CT molecular complexity index is 574. The van der Waals surface area contributed by atoms with Crippen molar-refractivity contribution in [2.24, 2.45) is 5.92 Å². The Morgan fingerprint density at radius 2 is 1.58 bits per heavy atom. The summed E-state index contributed by atoms with van der Waals surface area (Å²) in [5.41, 5.74) is 0.847. The van der Waals surface area contributed by atoms with Gasteiger partial charge in [0.05, 0.1) is 0 Å². The molecule has 0 radical (unpaired) electrons. The van der Waals surface area contributed by atoms with Gasteiger partial charge >= 0.3 is 0 Å². The van der Waals surface area contributed by atoms with E-state index in [0.717, 1.165) is 64.1 Å². The fraction of sp³-hybridized carbons (Fsp3) is 0.619. The van der Waals surface area contributed by atoms with E-state index in [1.54, 1.807) is 0 Å². The van der Waals surface area contributed by atoms with Gasteiger partial charge < -0.3 is 15.1 Å². The maximum Gasteiger partial charge on any atom is 0.225 e. The summed E-state index contributed by atoms with van der Waals surface area (Å²) in [6.07, 6.45) is 7.17. The minimum atomic E-state index is 0.0546. The highest BCUT2D eigenvalue weighted by Gasteiger charge is 2.28. The summed E-state index contributed by atoms with van der Waals surface area (Å²) in [4.78, 5) is 29.2. The number of para-hydroxylation sites is 1. The van der Waals surface area contributed by atoms with Gasteiger partial charge in [0.2, 0.25) is 11.8 Å². The molecule has 1 aromatic rings. The SMILES string of the molecule is O=C(CCN1CCC(C(=O)N2CCCCCC2)CC1)Nc1ccccc1. The van der Waals surface area contributed by atoms with Crippen LogP contribution >= 0.6 is 0 Å². The van der Waals surface area contributed by atoms with Crippen LogP contribution in [0.4, 0.5) is 5.69 Å². The van der Waals surface area contributed by atoms with E-state index in [9.17, 15) is 9.59 Å². The zero-order valence-electron chi connectivity index (χ0n) is 15.7. The molecule has 5 nitrogen and oxygen atoms in total. The number of anilines is 1. The average Bonchev–Trinajstić information content (AvgIpc) is 2.96. The van der Waals surface area contributed by atoms with E-state index in [1.165, 1.54) is 12.8 Å². The third-order valence-electron chi connectivity index (χ3n) is 5.57. The smallest absolute Gasteiger partial charge is 0.225 e. The molecule has 2 heterocycles. The van der Waals surface area contributed by atoms with Gasteiger partial charge in [-0.05, 0) is 50.9 Å². The lowest BCUT2D eigenvalue weighted by atomic mass is 9.95. The number of carbonyl (C=O) groups excluding carboxylic acids is 2. The molecule has 2 amide bonds. The molecule has 0 atom stereocenters. The van der Waals surface area contributed by atoms with Gasteiger partial charge in [-0.2, -0.15) is 0 Å². The van der Waals surface area contributed by atoms with Gasteiger partial charge in [-0.3, -0.25) is 9.59 Å². The molecule has 0 bridgehead atoms. The number of rotatable bonds is 5. The molecule has 5 heteroatoms. The molecule has 2 aliphatic heterocycles. The van der Waals surface area contributed by atoms with Crippen molar-refractivity contribution in [1.82, 2.24) is 9.80 Å². The Morgan fingerprint density at radius 3 is 2.23 bits per heavy atom. The summed E-state index contributed by atoms with van der Waals surface area (Å²) >= 11 is 0. The van der Waals surface area contributed by atoms with Crippen LogP contribution in [0.3, 0.4) is 0 Å². The van der Waals surface area contributed by atoms with Crippen LogP contribution in [-0.2, 0) is 9.59 Å². The van der Waals surface area contributed by atoms with E-state index >= 15 is 0 Å². The number of carbonyl (C=O) groups is 2. The Labute approximate surface area is 156 Å². The van der Waals surface area contributed by atoms with Crippen LogP contribution in [-0.4, -0.2) is 54.3 Å². The highest BCUT2D eigenvalue weighted by atomic mass is 16.2. The zero-order valence-corrected chi connectivity index (χ0v) is 15.7. The molecule has 1 N–H and O–H groups in total. The van der Waals surface area contributed by atoms with Crippen molar-refractivity contribution < 1.29 is 9.59 Å². The number of piperidine rings is 1. The molecule has 2 fully saturated rings. The standard InChI is InChI=1S/C21H31N3O2/c25-20(22-19-8-4-3-5-9-19)12-17-23-15-10-18(11-16-23)21(26)24-13-6-1-2-7-14-24/h3-5,8-9,18H,1-2,6-7,10-17H2,(H,22,25). The van der Waals surface area contributed by atoms with E-state index < -0.39 is 0 Å². The number of likely N-dealkylation sites (tertiary alicyclic amines) is 2. The number of hydrogen-bond donors (Lipinski definition) is 1. The lowest BCUT2D eigenvalue weighted by molar-refractivity contribution is -0.137. The van der Waals surface area contributed by atoms with Gasteiger partial charge in [-0.1, -0.05) is 31.0 Å². The molecule has 0 saturated carbocycles. The van der Waals surface area contributed by atoms with Gasteiger partial charge in [0.15, 0.2) is 0 Å². The summed E-state index contributed by atoms with van der Waals surface area (Å²) in [7, 11) is 0. The lowest BCUT2D eigenvalue weighted by Crippen LogP contribution is -2.43. The van der Waals surface area contributed by atoms with E-state index in [0.29, 0.717) is 12.3 Å². The Balaban J connectivity index is 1.37. The van der Waals surface area contributed by atoms with Crippen LogP contribution in [0.15, 0.2) is 30.3 Å². The van der Waals surface area contributed by atoms with Crippen LogP contribution in [0.25, 0.3) is 0 Å². The van der Waals surface area contributed by atoms with Crippen molar-refractivity contribution in [2.75, 3.05) is 38.0 Å². The van der Waals surface area contributed by atoms with Gasteiger partial charge in [0.1, 0.15) is 0 Å². The first-order valence-corrected chi connectivity index (χ1v) is 10.1.